The normalized spacial score (nSPS) is 34.2. The number of hydrogen-bond donors (Lipinski definition) is 1. The van der Waals surface area contributed by atoms with Crippen LogP contribution in [0.2, 0.25) is 18.1 Å². The summed E-state index contributed by atoms with van der Waals surface area (Å²) in [6.07, 6.45) is 9.00. The first kappa shape index (κ1) is 18.1. The molecule has 1 aliphatic carbocycles. The maximum absolute atomic E-state index is 12.6. The summed E-state index contributed by atoms with van der Waals surface area (Å²) in [6.45, 7) is -0.160. The lowest BCUT2D eigenvalue weighted by atomic mass is 9.76. The van der Waals surface area contributed by atoms with E-state index in [-0.39, 0.29) is 12.8 Å². The van der Waals surface area contributed by atoms with Gasteiger partial charge in [-0.15, -0.1) is 0 Å². The number of alkyl halides is 1. The van der Waals surface area contributed by atoms with Gasteiger partial charge in [-0.2, -0.15) is 0 Å². The Morgan fingerprint density at radius 1 is 0.875 bits per heavy atom. The molecule has 0 aromatic heterocycles. The Balaban J connectivity index is 1.64. The molecule has 134 valence electrons. The molecule has 3 rings (SSSR count). The summed E-state index contributed by atoms with van der Waals surface area (Å²) in [5, 5.41) is 11.4. The largest absolute Gasteiger partial charge is 0.393 e. The number of aliphatic hydroxyl groups is 1. The summed E-state index contributed by atoms with van der Waals surface area (Å²) >= 11 is 0. The summed E-state index contributed by atoms with van der Waals surface area (Å²) < 4.78 is 12.6. The molecule has 2 fully saturated rings. The average molecular weight is 349 g/mol. The minimum atomic E-state index is -1.43. The van der Waals surface area contributed by atoms with Gasteiger partial charge in [0, 0.05) is 0 Å². The number of halogens is 1. The standard InChI is InChI=1S/C21H33FOSi/c22-14-4-5-15-24(21-6-2-1-3-7-21)16-12-19(13-17-24)18-8-10-20(23)11-9-18/h1-3,6-7,18-20,23H,4-5,8-17H2. The third kappa shape index (κ3) is 4.29. The fourth-order valence-corrected chi connectivity index (χ4v) is 10.6. The van der Waals surface area contributed by atoms with Crippen molar-refractivity contribution in [1.82, 2.24) is 0 Å². The lowest BCUT2D eigenvalue weighted by molar-refractivity contribution is 0.0880. The first-order valence-corrected chi connectivity index (χ1v) is 12.7. The number of rotatable bonds is 6. The highest BCUT2D eigenvalue weighted by molar-refractivity contribution is 6.92. The first-order chi connectivity index (χ1) is 11.7. The molecule has 1 aromatic rings. The van der Waals surface area contributed by atoms with Gasteiger partial charge in [0.1, 0.15) is 0 Å². The molecule has 1 aromatic carbocycles. The van der Waals surface area contributed by atoms with Crippen LogP contribution in [0.3, 0.4) is 0 Å². The molecule has 1 saturated heterocycles. The number of aliphatic hydroxyl groups excluding tert-OH is 1. The Kier molecular flexibility index (Phi) is 6.51. The van der Waals surface area contributed by atoms with Crippen LogP contribution < -0.4 is 5.19 Å². The topological polar surface area (TPSA) is 20.2 Å². The van der Waals surface area contributed by atoms with Crippen molar-refractivity contribution >= 4 is 13.3 Å². The van der Waals surface area contributed by atoms with E-state index in [2.05, 4.69) is 30.3 Å². The van der Waals surface area contributed by atoms with Crippen LogP contribution in [0.4, 0.5) is 4.39 Å². The predicted octanol–water partition coefficient (Wildman–Crippen LogP) is 5.05. The Hall–Kier alpha value is -0.673. The van der Waals surface area contributed by atoms with Crippen molar-refractivity contribution in [3.05, 3.63) is 30.3 Å². The monoisotopic (exact) mass is 348 g/mol. The molecule has 3 heteroatoms. The summed E-state index contributed by atoms with van der Waals surface area (Å²) in [5.74, 6) is 1.73. The molecule has 0 atom stereocenters. The van der Waals surface area contributed by atoms with Crippen LogP contribution in [-0.2, 0) is 0 Å². The molecule has 2 aliphatic rings. The fourth-order valence-electron chi connectivity index (χ4n) is 5.27. The second-order valence-electron chi connectivity index (χ2n) is 8.20. The van der Waals surface area contributed by atoms with Crippen molar-refractivity contribution in [3.63, 3.8) is 0 Å². The van der Waals surface area contributed by atoms with Crippen LogP contribution in [0, 0.1) is 11.8 Å². The van der Waals surface area contributed by atoms with E-state index in [4.69, 9.17) is 0 Å². The van der Waals surface area contributed by atoms with E-state index >= 15 is 0 Å². The Labute approximate surface area is 147 Å². The maximum atomic E-state index is 12.6. The van der Waals surface area contributed by atoms with Gasteiger partial charge in [0.15, 0.2) is 0 Å². The number of unbranched alkanes of at least 4 members (excludes halogenated alkanes) is 1. The summed E-state index contributed by atoms with van der Waals surface area (Å²) in [7, 11) is -1.43. The summed E-state index contributed by atoms with van der Waals surface area (Å²) in [6, 6.07) is 15.3. The highest BCUT2D eigenvalue weighted by Gasteiger charge is 2.40. The first-order valence-electron chi connectivity index (χ1n) is 10.0. The van der Waals surface area contributed by atoms with Crippen molar-refractivity contribution in [2.45, 2.75) is 75.6 Å². The van der Waals surface area contributed by atoms with Crippen LogP contribution >= 0.6 is 0 Å². The molecule has 1 N–H and O–H groups in total. The van der Waals surface area contributed by atoms with E-state index in [9.17, 15) is 9.50 Å². The van der Waals surface area contributed by atoms with Crippen LogP contribution in [-0.4, -0.2) is 26.0 Å². The molecule has 1 heterocycles. The van der Waals surface area contributed by atoms with Gasteiger partial charge in [-0.3, -0.25) is 4.39 Å². The highest BCUT2D eigenvalue weighted by Crippen LogP contribution is 2.43. The van der Waals surface area contributed by atoms with Crippen molar-refractivity contribution in [2.75, 3.05) is 6.67 Å². The lowest BCUT2D eigenvalue weighted by Crippen LogP contribution is -2.50. The Bertz CT molecular complexity index is 476. The minimum absolute atomic E-state index is 0.0386. The van der Waals surface area contributed by atoms with Crippen molar-refractivity contribution in [3.8, 4) is 0 Å². The van der Waals surface area contributed by atoms with E-state index < -0.39 is 8.07 Å². The van der Waals surface area contributed by atoms with Crippen molar-refractivity contribution < 1.29 is 9.50 Å². The van der Waals surface area contributed by atoms with E-state index in [0.29, 0.717) is 0 Å². The average Bonchev–Trinajstić information content (AvgIpc) is 2.64. The van der Waals surface area contributed by atoms with E-state index in [0.717, 1.165) is 37.5 Å². The lowest BCUT2D eigenvalue weighted by Gasteiger charge is -2.43. The van der Waals surface area contributed by atoms with Gasteiger partial charge in [-0.25, -0.2) is 0 Å². The van der Waals surface area contributed by atoms with Gasteiger partial charge in [0.05, 0.1) is 20.9 Å². The second-order valence-corrected chi connectivity index (χ2v) is 12.8. The summed E-state index contributed by atoms with van der Waals surface area (Å²) in [5.41, 5.74) is 0. The van der Waals surface area contributed by atoms with E-state index in [1.54, 1.807) is 5.19 Å². The Morgan fingerprint density at radius 3 is 2.12 bits per heavy atom. The molecule has 24 heavy (non-hydrogen) atoms. The maximum Gasteiger partial charge on any atom is 0.0894 e. The molecule has 1 saturated carbocycles. The van der Waals surface area contributed by atoms with E-state index in [1.165, 1.54) is 43.8 Å². The van der Waals surface area contributed by atoms with Crippen molar-refractivity contribution in [1.29, 1.82) is 0 Å². The molecular weight excluding hydrogens is 315 g/mol. The Morgan fingerprint density at radius 2 is 1.50 bits per heavy atom. The van der Waals surface area contributed by atoms with Crippen LogP contribution in [0.15, 0.2) is 30.3 Å². The molecule has 0 bridgehead atoms. The van der Waals surface area contributed by atoms with Gasteiger partial charge in [-0.1, -0.05) is 72.9 Å². The second kappa shape index (κ2) is 8.62. The zero-order valence-corrected chi connectivity index (χ0v) is 15.9. The zero-order chi connectivity index (χ0) is 16.8. The molecular formula is C21H33FOSi. The van der Waals surface area contributed by atoms with E-state index in [1.807, 2.05) is 0 Å². The van der Waals surface area contributed by atoms with Crippen molar-refractivity contribution in [2.24, 2.45) is 11.8 Å². The fraction of sp³-hybridized carbons (Fsp3) is 0.714. The minimum Gasteiger partial charge on any atom is -0.393 e. The molecule has 1 nitrogen and oxygen atoms in total. The predicted molar refractivity (Wildman–Crippen MR) is 102 cm³/mol. The molecule has 0 spiro atoms. The quantitative estimate of drug-likeness (QED) is 0.563. The summed E-state index contributed by atoms with van der Waals surface area (Å²) in [4.78, 5) is 0. The third-order valence-corrected chi connectivity index (χ3v) is 12.2. The zero-order valence-electron chi connectivity index (χ0n) is 14.9. The van der Waals surface area contributed by atoms with Gasteiger partial charge in [0.2, 0.25) is 0 Å². The number of hydrogen-bond acceptors (Lipinski definition) is 1. The van der Waals surface area contributed by atoms with Gasteiger partial charge in [-0.05, 0) is 43.9 Å². The van der Waals surface area contributed by atoms with Gasteiger partial charge in [0.25, 0.3) is 0 Å². The molecule has 1 aliphatic heterocycles. The van der Waals surface area contributed by atoms with Crippen LogP contribution in [0.1, 0.15) is 51.4 Å². The molecule has 0 unspecified atom stereocenters. The highest BCUT2D eigenvalue weighted by atomic mass is 28.3. The number of benzene rings is 1. The smallest absolute Gasteiger partial charge is 0.0894 e. The van der Waals surface area contributed by atoms with Crippen LogP contribution in [0.25, 0.3) is 0 Å². The molecule has 0 amide bonds. The third-order valence-electron chi connectivity index (χ3n) is 6.82. The molecule has 0 radical (unpaired) electrons. The van der Waals surface area contributed by atoms with Gasteiger partial charge < -0.3 is 5.11 Å². The SMILES string of the molecule is OC1CCC(C2CC[Si](CCCCF)(c3ccccc3)CC2)CC1. The van der Waals surface area contributed by atoms with Crippen LogP contribution in [0.5, 0.6) is 0 Å². The van der Waals surface area contributed by atoms with Gasteiger partial charge >= 0.3 is 0 Å².